The number of nitrogens with two attached hydrogens (primary N) is 1. The second-order valence-electron chi connectivity index (χ2n) is 5.61. The Morgan fingerprint density at radius 2 is 1.82 bits per heavy atom. The molecule has 0 saturated heterocycles. The van der Waals surface area contributed by atoms with Gasteiger partial charge in [-0.2, -0.15) is 0 Å². The van der Waals surface area contributed by atoms with E-state index in [-0.39, 0.29) is 0 Å². The van der Waals surface area contributed by atoms with Crippen LogP contribution in [0.3, 0.4) is 0 Å². The first-order chi connectivity index (χ1) is 8.18. The van der Waals surface area contributed by atoms with Crippen molar-refractivity contribution < 1.29 is 5.11 Å². The summed E-state index contributed by atoms with van der Waals surface area (Å²) in [6.07, 6.45) is 10.2. The summed E-state index contributed by atoms with van der Waals surface area (Å²) in [5.41, 5.74) is 5.26. The Morgan fingerprint density at radius 3 is 2.47 bits per heavy atom. The van der Waals surface area contributed by atoms with Gasteiger partial charge in [0, 0.05) is 6.04 Å². The molecule has 2 rings (SSSR count). The van der Waals surface area contributed by atoms with Crippen LogP contribution in [-0.4, -0.2) is 29.3 Å². The Balaban J connectivity index is 1.77. The van der Waals surface area contributed by atoms with Crippen molar-refractivity contribution >= 4 is 5.96 Å². The summed E-state index contributed by atoms with van der Waals surface area (Å²) in [7, 11) is 0. The Morgan fingerprint density at radius 1 is 1.18 bits per heavy atom. The summed E-state index contributed by atoms with van der Waals surface area (Å²) in [6, 6.07) is 0.500. The normalized spacial score (nSPS) is 26.1. The molecule has 98 valence electrons. The van der Waals surface area contributed by atoms with Crippen LogP contribution in [0.4, 0.5) is 0 Å². The second-order valence-corrected chi connectivity index (χ2v) is 5.61. The predicted molar refractivity (Wildman–Crippen MR) is 69.9 cm³/mol. The van der Waals surface area contributed by atoms with E-state index in [4.69, 9.17) is 5.73 Å². The molecule has 4 nitrogen and oxygen atoms in total. The van der Waals surface area contributed by atoms with Gasteiger partial charge in [0.05, 0.1) is 12.1 Å². The van der Waals surface area contributed by atoms with E-state index < -0.39 is 5.60 Å². The van der Waals surface area contributed by atoms with E-state index in [2.05, 4.69) is 10.3 Å². The van der Waals surface area contributed by atoms with Crippen molar-refractivity contribution in [1.82, 2.24) is 5.32 Å². The van der Waals surface area contributed by atoms with Crippen molar-refractivity contribution in [2.75, 3.05) is 6.54 Å². The van der Waals surface area contributed by atoms with Crippen LogP contribution in [-0.2, 0) is 0 Å². The van der Waals surface area contributed by atoms with E-state index >= 15 is 0 Å². The van der Waals surface area contributed by atoms with Crippen LogP contribution in [0.25, 0.3) is 0 Å². The van der Waals surface area contributed by atoms with Crippen LogP contribution >= 0.6 is 0 Å². The van der Waals surface area contributed by atoms with Gasteiger partial charge in [-0.1, -0.05) is 32.1 Å². The van der Waals surface area contributed by atoms with Gasteiger partial charge >= 0.3 is 0 Å². The smallest absolute Gasteiger partial charge is 0.188 e. The lowest BCUT2D eigenvalue weighted by molar-refractivity contribution is 0.0132. The van der Waals surface area contributed by atoms with Gasteiger partial charge in [0.2, 0.25) is 0 Å². The molecular formula is C13H25N3O. The maximum atomic E-state index is 10.3. The van der Waals surface area contributed by atoms with E-state index in [0.29, 0.717) is 18.5 Å². The van der Waals surface area contributed by atoms with Crippen molar-refractivity contribution in [3.05, 3.63) is 0 Å². The number of rotatable bonds is 3. The number of hydrogen-bond acceptors (Lipinski definition) is 2. The van der Waals surface area contributed by atoms with Crippen LogP contribution in [0.15, 0.2) is 4.99 Å². The highest BCUT2D eigenvalue weighted by Crippen LogP contribution is 2.28. The Hall–Kier alpha value is -0.770. The third-order valence-electron chi connectivity index (χ3n) is 4.04. The first-order valence-electron chi connectivity index (χ1n) is 6.97. The van der Waals surface area contributed by atoms with Crippen LogP contribution < -0.4 is 11.1 Å². The third kappa shape index (κ3) is 3.87. The summed E-state index contributed by atoms with van der Waals surface area (Å²) in [5, 5.41) is 13.5. The number of aliphatic imine (C=N–C) groups is 1. The highest BCUT2D eigenvalue weighted by molar-refractivity contribution is 5.78. The minimum atomic E-state index is -0.597. The molecule has 0 aromatic carbocycles. The molecule has 17 heavy (non-hydrogen) atoms. The molecule has 0 aromatic heterocycles. The van der Waals surface area contributed by atoms with Gasteiger partial charge in [-0.15, -0.1) is 0 Å². The molecule has 2 aliphatic rings. The van der Waals surface area contributed by atoms with Gasteiger partial charge in [0.15, 0.2) is 5.96 Å². The molecule has 2 fully saturated rings. The summed E-state index contributed by atoms with van der Waals surface area (Å²) in [6.45, 7) is 0.457. The van der Waals surface area contributed by atoms with Crippen molar-refractivity contribution in [2.24, 2.45) is 10.7 Å². The van der Waals surface area contributed by atoms with E-state index in [1.54, 1.807) is 0 Å². The predicted octanol–water partition coefficient (Wildman–Crippen LogP) is 1.53. The summed E-state index contributed by atoms with van der Waals surface area (Å²) in [4.78, 5) is 4.32. The summed E-state index contributed by atoms with van der Waals surface area (Å²) >= 11 is 0. The Kier molecular flexibility index (Phi) is 4.26. The molecule has 0 atom stereocenters. The van der Waals surface area contributed by atoms with Gasteiger partial charge in [0.1, 0.15) is 0 Å². The van der Waals surface area contributed by atoms with Crippen molar-refractivity contribution in [3.8, 4) is 0 Å². The highest BCUT2D eigenvalue weighted by atomic mass is 16.3. The lowest BCUT2D eigenvalue weighted by Crippen LogP contribution is -2.41. The molecule has 0 aliphatic heterocycles. The van der Waals surface area contributed by atoms with E-state index in [1.807, 2.05) is 0 Å². The van der Waals surface area contributed by atoms with E-state index in [9.17, 15) is 5.11 Å². The zero-order valence-corrected chi connectivity index (χ0v) is 10.6. The van der Waals surface area contributed by atoms with Crippen LogP contribution in [0.2, 0.25) is 0 Å². The molecule has 0 aromatic rings. The number of nitrogens with one attached hydrogen (secondary N) is 1. The molecule has 0 heterocycles. The van der Waals surface area contributed by atoms with Crippen molar-refractivity contribution in [2.45, 2.75) is 69.4 Å². The Labute approximate surface area is 104 Å². The number of guanidine groups is 1. The Bertz CT molecular complexity index is 266. The monoisotopic (exact) mass is 239 g/mol. The van der Waals surface area contributed by atoms with Gasteiger partial charge in [-0.05, 0) is 25.7 Å². The number of nitrogens with zero attached hydrogens (tertiary/aromatic N) is 1. The molecule has 0 unspecified atom stereocenters. The van der Waals surface area contributed by atoms with Crippen LogP contribution in [0, 0.1) is 0 Å². The third-order valence-corrected chi connectivity index (χ3v) is 4.04. The standard InChI is InChI=1S/C13H25N3O/c14-12(16-11-6-2-3-7-11)15-10-13(17)8-4-1-5-9-13/h11,17H,1-10H2,(H3,14,15,16). The number of hydrogen-bond donors (Lipinski definition) is 3. The van der Waals surface area contributed by atoms with Crippen molar-refractivity contribution in [3.63, 3.8) is 0 Å². The lowest BCUT2D eigenvalue weighted by Gasteiger charge is -2.30. The lowest BCUT2D eigenvalue weighted by atomic mass is 9.85. The SMILES string of the molecule is NC(=NCC1(O)CCCCC1)NC1CCCC1. The molecule has 0 radical (unpaired) electrons. The molecule has 0 spiro atoms. The van der Waals surface area contributed by atoms with Gasteiger partial charge in [0.25, 0.3) is 0 Å². The van der Waals surface area contributed by atoms with Gasteiger partial charge < -0.3 is 16.2 Å². The minimum absolute atomic E-state index is 0.457. The maximum absolute atomic E-state index is 10.3. The first-order valence-corrected chi connectivity index (χ1v) is 6.97. The fraction of sp³-hybridized carbons (Fsp3) is 0.923. The number of aliphatic hydroxyl groups is 1. The maximum Gasteiger partial charge on any atom is 0.188 e. The summed E-state index contributed by atoms with van der Waals surface area (Å²) < 4.78 is 0. The first kappa shape index (κ1) is 12.7. The molecule has 4 N–H and O–H groups in total. The molecule has 0 bridgehead atoms. The zero-order valence-electron chi connectivity index (χ0n) is 10.6. The molecular weight excluding hydrogens is 214 g/mol. The average molecular weight is 239 g/mol. The molecule has 2 saturated carbocycles. The largest absolute Gasteiger partial charge is 0.388 e. The fourth-order valence-corrected chi connectivity index (χ4v) is 2.93. The molecule has 0 amide bonds. The fourth-order valence-electron chi connectivity index (χ4n) is 2.93. The molecule has 4 heteroatoms. The van der Waals surface area contributed by atoms with Gasteiger partial charge in [-0.25, -0.2) is 0 Å². The van der Waals surface area contributed by atoms with Crippen LogP contribution in [0.1, 0.15) is 57.8 Å². The van der Waals surface area contributed by atoms with E-state index in [1.165, 1.54) is 32.1 Å². The quantitative estimate of drug-likeness (QED) is 0.516. The van der Waals surface area contributed by atoms with Crippen molar-refractivity contribution in [1.29, 1.82) is 0 Å². The second kappa shape index (κ2) is 5.71. The average Bonchev–Trinajstić information content (AvgIpc) is 2.80. The summed E-state index contributed by atoms with van der Waals surface area (Å²) in [5.74, 6) is 0.510. The van der Waals surface area contributed by atoms with Crippen LogP contribution in [0.5, 0.6) is 0 Å². The van der Waals surface area contributed by atoms with Gasteiger partial charge in [-0.3, -0.25) is 4.99 Å². The molecule has 2 aliphatic carbocycles. The minimum Gasteiger partial charge on any atom is -0.388 e. The zero-order chi connectivity index (χ0) is 12.1. The topological polar surface area (TPSA) is 70.6 Å². The van der Waals surface area contributed by atoms with E-state index in [0.717, 1.165) is 25.7 Å². The highest BCUT2D eigenvalue weighted by Gasteiger charge is 2.28.